The number of fused-ring (bicyclic) bond motifs is 4. The predicted octanol–water partition coefficient (Wildman–Crippen LogP) is 7.72. The molecule has 9 rings (SSSR count). The minimum atomic E-state index is -3.99. The standard InChI is InChI=1S/C49H58FN3O9S/c1-28-7-5-6-8-34-25-49(34,47(57)52-63(58,59)48(3)15-16-48)26-43(54)42-23-38(27-53(42)46(56)40(29(2)17-28)24-44(55)61-37-19-31-18-32(31)20-37)62-45-39-14-13-36(60-4)21-33(39)22-41(51-45)30-9-11-35(50)12-10-30/h6,8-14,21-22,28-29,31-32,34,37-38,40,42H,5,7,15-20,23-27H2,1-4H3,(H,52,57)/b8-6-/t28-,29+,31-,32+,34+,37?,38+,40-,42-,49+/m0/s1. The minimum Gasteiger partial charge on any atom is -0.497 e. The first-order chi connectivity index (χ1) is 30.0. The average molecular weight is 884 g/mol. The van der Waals surface area contributed by atoms with Crippen molar-refractivity contribution >= 4 is 44.4 Å². The maximum Gasteiger partial charge on any atom is 0.306 e. The smallest absolute Gasteiger partial charge is 0.306 e. The summed E-state index contributed by atoms with van der Waals surface area (Å²) < 4.78 is 60.3. The number of esters is 1. The molecule has 1 N–H and O–H groups in total. The molecule has 0 spiro atoms. The predicted molar refractivity (Wildman–Crippen MR) is 233 cm³/mol. The lowest BCUT2D eigenvalue weighted by atomic mass is 9.82. The summed E-state index contributed by atoms with van der Waals surface area (Å²) in [7, 11) is -2.42. The molecule has 2 aliphatic heterocycles. The van der Waals surface area contributed by atoms with Gasteiger partial charge in [0.2, 0.25) is 27.7 Å². The normalized spacial score (nSPS) is 32.9. The zero-order valence-corrected chi connectivity index (χ0v) is 37.3. The number of carbonyl (C=O) groups is 4. The molecule has 4 aliphatic carbocycles. The number of hydrogen-bond acceptors (Lipinski definition) is 10. The lowest BCUT2D eigenvalue weighted by Gasteiger charge is -2.32. The van der Waals surface area contributed by atoms with Crippen LogP contribution < -0.4 is 14.2 Å². The van der Waals surface area contributed by atoms with Gasteiger partial charge in [-0.05, 0) is 148 Å². The van der Waals surface area contributed by atoms with Crippen molar-refractivity contribution in [2.45, 2.75) is 121 Å². The Morgan fingerprint density at radius 3 is 2.43 bits per heavy atom. The molecule has 5 fully saturated rings. The lowest BCUT2D eigenvalue weighted by Crippen LogP contribution is -2.48. The number of Topliss-reactive ketones (excluding diaryl/α,β-unsaturated/α-hetero) is 1. The second kappa shape index (κ2) is 16.6. The number of nitrogens with zero attached hydrogens (tertiary/aromatic N) is 2. The number of amides is 2. The van der Waals surface area contributed by atoms with E-state index >= 15 is 4.79 Å². The highest BCUT2D eigenvalue weighted by Gasteiger charge is 2.63. The van der Waals surface area contributed by atoms with Crippen molar-refractivity contribution in [2.75, 3.05) is 13.7 Å². The van der Waals surface area contributed by atoms with Gasteiger partial charge >= 0.3 is 5.97 Å². The molecular formula is C49H58FN3O9S. The number of ketones is 1. The molecule has 336 valence electrons. The molecule has 1 aromatic heterocycles. The fraction of sp³-hybridized carbons (Fsp3) is 0.571. The van der Waals surface area contributed by atoms with E-state index in [1.807, 2.05) is 37.3 Å². The van der Waals surface area contributed by atoms with Crippen LogP contribution in [0.5, 0.6) is 11.6 Å². The molecule has 1 unspecified atom stereocenters. The SMILES string of the molecule is COc1ccc2c(O[C@@H]3C[C@H]4C(=O)C[C@]5(C(=O)NS(=O)(=O)C6(C)CC6)C[C@H]5/C=C\CC[C@H](C)C[C@@H](C)[C@H](CC(=O)OC5C[C@@H]6C[C@@H]6C5)C(=O)N4C3)nc(-c3ccc(F)cc3)cc2c1. The zero-order valence-electron chi connectivity index (χ0n) is 36.5. The van der Waals surface area contributed by atoms with Gasteiger partial charge in [-0.25, -0.2) is 17.8 Å². The Hall–Kier alpha value is -4.85. The van der Waals surface area contributed by atoms with Gasteiger partial charge in [0, 0.05) is 23.8 Å². The van der Waals surface area contributed by atoms with Crippen molar-refractivity contribution in [3.63, 3.8) is 0 Å². The molecule has 63 heavy (non-hydrogen) atoms. The topological polar surface area (TPSA) is 158 Å². The van der Waals surface area contributed by atoms with Crippen molar-refractivity contribution < 1.29 is 46.2 Å². The molecule has 1 saturated heterocycles. The van der Waals surface area contributed by atoms with E-state index in [0.717, 1.165) is 24.6 Å². The Morgan fingerprint density at radius 1 is 0.968 bits per heavy atom. The van der Waals surface area contributed by atoms with E-state index in [1.165, 1.54) is 23.5 Å². The summed E-state index contributed by atoms with van der Waals surface area (Å²) in [5, 5.41) is 1.40. The Bertz CT molecular complexity index is 2440. The summed E-state index contributed by atoms with van der Waals surface area (Å²) in [5.41, 5.74) is -0.135. The molecule has 10 atom stereocenters. The van der Waals surface area contributed by atoms with Crippen molar-refractivity contribution in [3.8, 4) is 22.9 Å². The molecule has 2 amide bonds. The van der Waals surface area contributed by atoms with Gasteiger partial charge < -0.3 is 19.1 Å². The van der Waals surface area contributed by atoms with Crippen molar-refractivity contribution in [1.82, 2.24) is 14.6 Å². The van der Waals surface area contributed by atoms with E-state index in [4.69, 9.17) is 19.2 Å². The zero-order chi connectivity index (χ0) is 44.4. The van der Waals surface area contributed by atoms with Crippen LogP contribution in [0.4, 0.5) is 4.39 Å². The number of carbonyl (C=O) groups excluding carboxylic acids is 4. The Morgan fingerprint density at radius 2 is 1.71 bits per heavy atom. The number of rotatable bonds is 10. The van der Waals surface area contributed by atoms with Gasteiger partial charge in [0.1, 0.15) is 23.8 Å². The van der Waals surface area contributed by atoms with Gasteiger partial charge in [0.25, 0.3) is 0 Å². The molecule has 4 saturated carbocycles. The van der Waals surface area contributed by atoms with Crippen LogP contribution in [-0.4, -0.2) is 78.5 Å². The van der Waals surface area contributed by atoms with E-state index in [-0.39, 0.29) is 67.2 Å². The van der Waals surface area contributed by atoms with Gasteiger partial charge in [0.15, 0.2) is 5.78 Å². The summed E-state index contributed by atoms with van der Waals surface area (Å²) in [4.78, 5) is 64.4. The van der Waals surface area contributed by atoms with E-state index in [9.17, 15) is 27.2 Å². The van der Waals surface area contributed by atoms with Crippen LogP contribution >= 0.6 is 0 Å². The van der Waals surface area contributed by atoms with Gasteiger partial charge in [0.05, 0.1) is 47.9 Å². The number of pyridine rings is 1. The molecule has 0 radical (unpaired) electrons. The minimum absolute atomic E-state index is 0.00438. The maximum atomic E-state index is 15.2. The number of allylic oxidation sites excluding steroid dienone is 2. The fourth-order valence-electron chi connectivity index (χ4n) is 10.6. The highest BCUT2D eigenvalue weighted by atomic mass is 32.2. The third-order valence-corrected chi connectivity index (χ3v) is 17.3. The third-order valence-electron chi connectivity index (χ3n) is 15.1. The number of halogens is 1. The first-order valence-corrected chi connectivity index (χ1v) is 24.2. The summed E-state index contributed by atoms with van der Waals surface area (Å²) in [6, 6.07) is 12.2. The van der Waals surface area contributed by atoms with E-state index in [1.54, 1.807) is 32.2 Å². The number of hydrogen-bond donors (Lipinski definition) is 1. The molecule has 6 aliphatic rings. The van der Waals surface area contributed by atoms with E-state index in [0.29, 0.717) is 66.3 Å². The van der Waals surface area contributed by atoms with Crippen LogP contribution in [0.3, 0.4) is 0 Å². The van der Waals surface area contributed by atoms with Crippen LogP contribution in [0.1, 0.15) is 97.8 Å². The quantitative estimate of drug-likeness (QED) is 0.158. The second-order valence-electron chi connectivity index (χ2n) is 19.9. The largest absolute Gasteiger partial charge is 0.497 e. The molecule has 3 heterocycles. The van der Waals surface area contributed by atoms with Crippen molar-refractivity contribution in [1.29, 1.82) is 0 Å². The third kappa shape index (κ3) is 8.85. The number of ether oxygens (including phenoxy) is 3. The maximum absolute atomic E-state index is 15.2. The molecular weight excluding hydrogens is 826 g/mol. The fourth-order valence-corrected chi connectivity index (χ4v) is 11.9. The summed E-state index contributed by atoms with van der Waals surface area (Å²) >= 11 is 0. The highest BCUT2D eigenvalue weighted by molar-refractivity contribution is 7.91. The van der Waals surface area contributed by atoms with Gasteiger partial charge in [-0.2, -0.15) is 0 Å². The van der Waals surface area contributed by atoms with Crippen LogP contribution in [-0.2, 0) is 33.9 Å². The number of benzene rings is 2. The van der Waals surface area contributed by atoms with E-state index in [2.05, 4.69) is 11.6 Å². The Labute approximate surface area is 368 Å². The highest BCUT2D eigenvalue weighted by Crippen LogP contribution is 2.58. The monoisotopic (exact) mass is 883 g/mol. The molecule has 2 aromatic carbocycles. The van der Waals surface area contributed by atoms with Crippen LogP contribution in [0.2, 0.25) is 0 Å². The molecule has 0 bridgehead atoms. The number of methoxy groups -OCH3 is 1. The van der Waals surface area contributed by atoms with Crippen molar-refractivity contribution in [2.24, 2.45) is 40.9 Å². The molecule has 14 heteroatoms. The Balaban J connectivity index is 1.05. The lowest BCUT2D eigenvalue weighted by molar-refractivity contribution is -0.155. The summed E-state index contributed by atoms with van der Waals surface area (Å²) in [6.07, 6.45) is 9.03. The first-order valence-electron chi connectivity index (χ1n) is 22.7. The van der Waals surface area contributed by atoms with Crippen LogP contribution in [0.25, 0.3) is 22.0 Å². The number of sulfonamides is 1. The molecule has 3 aromatic rings. The summed E-state index contributed by atoms with van der Waals surface area (Å²) in [6.45, 7) is 5.74. The van der Waals surface area contributed by atoms with Crippen LogP contribution in [0, 0.1) is 46.7 Å². The molecule has 12 nitrogen and oxygen atoms in total. The van der Waals surface area contributed by atoms with E-state index < -0.39 is 55.9 Å². The number of nitrogens with one attached hydrogen (secondary N) is 1. The van der Waals surface area contributed by atoms with Gasteiger partial charge in [-0.1, -0.05) is 26.0 Å². The Kier molecular flexibility index (Phi) is 11.4. The second-order valence-corrected chi connectivity index (χ2v) is 22.1. The van der Waals surface area contributed by atoms with Gasteiger partial charge in [-0.15, -0.1) is 0 Å². The summed E-state index contributed by atoms with van der Waals surface area (Å²) in [5.74, 6) is -1.31. The number of aromatic nitrogens is 1. The van der Waals surface area contributed by atoms with Gasteiger partial charge in [-0.3, -0.25) is 23.9 Å². The average Bonchev–Trinajstić information content (AvgIpc) is 4.21. The first kappa shape index (κ1) is 43.4. The van der Waals surface area contributed by atoms with Crippen LogP contribution in [0.15, 0.2) is 60.7 Å². The van der Waals surface area contributed by atoms with Crippen molar-refractivity contribution in [3.05, 3.63) is 66.5 Å².